The summed E-state index contributed by atoms with van der Waals surface area (Å²) < 4.78 is 5.15. The maximum absolute atomic E-state index is 12.6. The van der Waals surface area contributed by atoms with Gasteiger partial charge in [0.2, 0.25) is 5.78 Å². The number of benzene rings is 1. The summed E-state index contributed by atoms with van der Waals surface area (Å²) in [5.74, 6) is 1.98. The van der Waals surface area contributed by atoms with Crippen molar-refractivity contribution >= 4 is 17.6 Å². The Morgan fingerprint density at radius 2 is 1.96 bits per heavy atom. The molecule has 0 N–H and O–H groups in total. The normalized spacial score (nSPS) is 32.2. The van der Waals surface area contributed by atoms with Crippen molar-refractivity contribution in [1.82, 2.24) is 0 Å². The number of rotatable bonds is 4. The summed E-state index contributed by atoms with van der Waals surface area (Å²) in [6, 6.07) is 7.62. The smallest absolute Gasteiger partial charge is 0.203 e. The number of hydrogen-bond donors (Lipinski definition) is 0. The van der Waals surface area contributed by atoms with E-state index in [-0.39, 0.29) is 16.8 Å². The number of carbonyl (C=O) groups excluding carboxylic acids is 1. The van der Waals surface area contributed by atoms with Crippen LogP contribution in [0.5, 0.6) is 5.75 Å². The van der Waals surface area contributed by atoms with Gasteiger partial charge in [-0.1, -0.05) is 37.2 Å². The van der Waals surface area contributed by atoms with E-state index in [4.69, 9.17) is 9.57 Å². The van der Waals surface area contributed by atoms with Gasteiger partial charge in [0.15, 0.2) is 5.60 Å². The van der Waals surface area contributed by atoms with Gasteiger partial charge in [-0.3, -0.25) is 4.79 Å². The Balaban J connectivity index is 1.46. The van der Waals surface area contributed by atoms with Crippen molar-refractivity contribution < 1.29 is 14.4 Å². The molecule has 4 nitrogen and oxygen atoms in total. The molecule has 25 heavy (non-hydrogen) atoms. The molecule has 3 aliphatic rings. The van der Waals surface area contributed by atoms with E-state index in [1.165, 1.54) is 19.3 Å². The zero-order valence-electron chi connectivity index (χ0n) is 15.1. The Morgan fingerprint density at radius 3 is 2.60 bits per heavy atom. The van der Waals surface area contributed by atoms with Gasteiger partial charge in [0, 0.05) is 17.8 Å². The Morgan fingerprint density at radius 1 is 1.24 bits per heavy atom. The summed E-state index contributed by atoms with van der Waals surface area (Å²) >= 11 is 0. The number of hydrogen-bond acceptors (Lipinski definition) is 4. The molecule has 1 aliphatic heterocycles. The molecule has 1 aromatic carbocycles. The van der Waals surface area contributed by atoms with Gasteiger partial charge in [0.1, 0.15) is 11.5 Å². The van der Waals surface area contributed by atoms with Crippen LogP contribution in [0.1, 0.15) is 45.1 Å². The molecular weight excluding hydrogens is 314 g/mol. The standard InChI is InChI=1S/C21H25NO3/c1-20(2)15-7-8-16(12-15)21(20)13-18(22-25-21)19(23)11-6-14-4-9-17(24-3)10-5-14/h4-6,9-11,15-16H,7-8,12-13H2,1-3H3/b11-6+/t15-,16+,21?/m1/s1. The first-order valence-electron chi connectivity index (χ1n) is 9.08. The van der Waals surface area contributed by atoms with E-state index in [1.807, 2.05) is 30.3 Å². The van der Waals surface area contributed by atoms with Crippen molar-refractivity contribution in [3.63, 3.8) is 0 Å². The molecule has 0 saturated heterocycles. The van der Waals surface area contributed by atoms with Crippen molar-refractivity contribution in [2.75, 3.05) is 7.11 Å². The van der Waals surface area contributed by atoms with E-state index in [2.05, 4.69) is 19.0 Å². The lowest BCUT2D eigenvalue weighted by molar-refractivity contribution is -0.135. The van der Waals surface area contributed by atoms with E-state index in [9.17, 15) is 4.79 Å². The Kier molecular flexibility index (Phi) is 3.75. The summed E-state index contributed by atoms with van der Waals surface area (Å²) in [6.07, 6.45) is 7.76. The predicted octanol–water partition coefficient (Wildman–Crippen LogP) is 4.25. The van der Waals surface area contributed by atoms with Crippen molar-refractivity contribution in [1.29, 1.82) is 0 Å². The van der Waals surface area contributed by atoms with Crippen molar-refractivity contribution in [3.8, 4) is 5.75 Å². The van der Waals surface area contributed by atoms with Gasteiger partial charge >= 0.3 is 0 Å². The third-order valence-corrected chi connectivity index (χ3v) is 6.78. The second kappa shape index (κ2) is 5.72. The van der Waals surface area contributed by atoms with E-state index in [0.29, 0.717) is 24.0 Å². The highest BCUT2D eigenvalue weighted by Crippen LogP contribution is 2.65. The largest absolute Gasteiger partial charge is 0.497 e. The van der Waals surface area contributed by atoms with Crippen LogP contribution in [0.2, 0.25) is 0 Å². The summed E-state index contributed by atoms with van der Waals surface area (Å²) in [6.45, 7) is 4.57. The Bertz CT molecular complexity index is 747. The SMILES string of the molecule is COc1ccc(/C=C/C(=O)C2=NOC3(C2)[C@H]2CC[C@H](C2)C3(C)C)cc1. The second-order valence-corrected chi connectivity index (χ2v) is 8.09. The fourth-order valence-electron chi connectivity index (χ4n) is 5.06. The number of allylic oxidation sites excluding steroid dienone is 1. The predicted molar refractivity (Wildman–Crippen MR) is 97.5 cm³/mol. The number of ether oxygens (including phenoxy) is 1. The van der Waals surface area contributed by atoms with Crippen LogP contribution in [-0.2, 0) is 9.63 Å². The van der Waals surface area contributed by atoms with Crippen LogP contribution < -0.4 is 4.74 Å². The first kappa shape index (κ1) is 16.4. The summed E-state index contributed by atoms with van der Waals surface area (Å²) in [4.78, 5) is 18.6. The number of oxime groups is 1. The van der Waals surface area contributed by atoms with Crippen molar-refractivity contribution in [3.05, 3.63) is 35.9 Å². The highest BCUT2D eigenvalue weighted by atomic mass is 16.7. The van der Waals surface area contributed by atoms with Crippen LogP contribution in [0.15, 0.2) is 35.5 Å². The summed E-state index contributed by atoms with van der Waals surface area (Å²) in [5, 5.41) is 4.22. The highest BCUT2D eigenvalue weighted by Gasteiger charge is 2.67. The van der Waals surface area contributed by atoms with Crippen LogP contribution in [0.4, 0.5) is 0 Å². The van der Waals surface area contributed by atoms with Crippen LogP contribution in [0.3, 0.4) is 0 Å². The van der Waals surface area contributed by atoms with Gasteiger partial charge in [-0.25, -0.2) is 0 Å². The molecule has 2 bridgehead atoms. The maximum atomic E-state index is 12.6. The van der Waals surface area contributed by atoms with Gasteiger partial charge in [0.25, 0.3) is 0 Å². The second-order valence-electron chi connectivity index (χ2n) is 8.09. The number of nitrogens with zero attached hydrogens (tertiary/aromatic N) is 1. The highest BCUT2D eigenvalue weighted by molar-refractivity contribution is 6.45. The molecule has 2 fully saturated rings. The minimum Gasteiger partial charge on any atom is -0.497 e. The summed E-state index contributed by atoms with van der Waals surface area (Å²) in [7, 11) is 1.64. The lowest BCUT2D eigenvalue weighted by atomic mass is 9.63. The minimum atomic E-state index is -0.269. The molecule has 1 heterocycles. The van der Waals surface area contributed by atoms with Gasteiger partial charge in [-0.2, -0.15) is 0 Å². The topological polar surface area (TPSA) is 47.9 Å². The molecular formula is C21H25NO3. The molecule has 132 valence electrons. The lowest BCUT2D eigenvalue weighted by Crippen LogP contribution is -2.49. The molecule has 1 spiro atoms. The van der Waals surface area contributed by atoms with E-state index in [1.54, 1.807) is 13.2 Å². The quantitative estimate of drug-likeness (QED) is 0.771. The van der Waals surface area contributed by atoms with E-state index in [0.717, 1.165) is 11.3 Å². The monoisotopic (exact) mass is 339 g/mol. The molecule has 3 atom stereocenters. The molecule has 0 radical (unpaired) electrons. The minimum absolute atomic E-state index is 0.0498. The van der Waals surface area contributed by atoms with E-state index < -0.39 is 0 Å². The first-order chi connectivity index (χ1) is 12.0. The molecule has 2 saturated carbocycles. The molecule has 4 heteroatoms. The molecule has 1 unspecified atom stereocenters. The average Bonchev–Trinajstić information content (AvgIpc) is 3.31. The van der Waals surface area contributed by atoms with Gasteiger partial charge in [-0.15, -0.1) is 0 Å². The fourth-order valence-corrected chi connectivity index (χ4v) is 5.06. The van der Waals surface area contributed by atoms with Crippen LogP contribution in [0.25, 0.3) is 6.08 Å². The number of carbonyl (C=O) groups is 1. The maximum Gasteiger partial charge on any atom is 0.203 e. The molecule has 0 aromatic heterocycles. The number of ketones is 1. The zero-order chi connectivity index (χ0) is 17.7. The van der Waals surface area contributed by atoms with Crippen molar-refractivity contribution in [2.24, 2.45) is 22.4 Å². The third kappa shape index (κ3) is 2.42. The van der Waals surface area contributed by atoms with Crippen LogP contribution in [-0.4, -0.2) is 24.2 Å². The number of methoxy groups -OCH3 is 1. The molecule has 2 aliphatic carbocycles. The first-order valence-corrected chi connectivity index (χ1v) is 9.08. The number of fused-ring (bicyclic) bond motifs is 3. The molecule has 1 aromatic rings. The van der Waals surface area contributed by atoms with Gasteiger partial charge in [0.05, 0.1) is 7.11 Å². The summed E-state index contributed by atoms with van der Waals surface area (Å²) in [5.41, 5.74) is 1.34. The van der Waals surface area contributed by atoms with Gasteiger partial charge in [-0.05, 0) is 49.0 Å². The van der Waals surface area contributed by atoms with Crippen molar-refractivity contribution in [2.45, 2.75) is 45.1 Å². The lowest BCUT2D eigenvalue weighted by Gasteiger charge is -2.44. The van der Waals surface area contributed by atoms with E-state index >= 15 is 0 Å². The molecule has 4 rings (SSSR count). The average molecular weight is 339 g/mol. The molecule has 0 amide bonds. The third-order valence-electron chi connectivity index (χ3n) is 6.78. The fraction of sp³-hybridized carbons (Fsp3) is 0.524. The van der Waals surface area contributed by atoms with Crippen LogP contribution >= 0.6 is 0 Å². The van der Waals surface area contributed by atoms with Gasteiger partial charge < -0.3 is 9.57 Å². The zero-order valence-corrected chi connectivity index (χ0v) is 15.1. The van der Waals surface area contributed by atoms with Crippen LogP contribution in [0, 0.1) is 17.3 Å². The Hall–Kier alpha value is -2.10. The Labute approximate surface area is 148 Å².